The Morgan fingerprint density at radius 2 is 2.08 bits per heavy atom. The number of nitrogens with two attached hydrogens (primary N) is 1. The van der Waals surface area contributed by atoms with Gasteiger partial charge < -0.3 is 5.73 Å². The lowest BCUT2D eigenvalue weighted by molar-refractivity contribution is 1.09. The minimum absolute atomic E-state index is 0. The van der Waals surface area contributed by atoms with E-state index in [0.29, 0.717) is 6.54 Å². The summed E-state index contributed by atoms with van der Waals surface area (Å²) in [4.78, 5) is 0. The monoisotopic (exact) mass is 219 g/mol. The molecule has 72 valence electrons. The van der Waals surface area contributed by atoms with E-state index in [1.807, 2.05) is 18.2 Å². The molecule has 2 rings (SSSR count). The van der Waals surface area contributed by atoms with E-state index >= 15 is 0 Å². The molecule has 0 aliphatic carbocycles. The van der Waals surface area contributed by atoms with Gasteiger partial charge in [-0.15, -0.1) is 24.8 Å². The predicted octanol–water partition coefficient (Wildman–Crippen LogP) is 1.87. The van der Waals surface area contributed by atoms with Crippen LogP contribution < -0.4 is 5.73 Å². The highest BCUT2D eigenvalue weighted by Crippen LogP contribution is 2.14. The van der Waals surface area contributed by atoms with Crippen LogP contribution in [0, 0.1) is 0 Å². The van der Waals surface area contributed by atoms with Crippen LogP contribution in [-0.2, 0) is 6.54 Å². The predicted molar refractivity (Wildman–Crippen MR) is 58.5 cm³/mol. The summed E-state index contributed by atoms with van der Waals surface area (Å²) < 4.78 is 0. The van der Waals surface area contributed by atoms with Crippen LogP contribution in [0.5, 0.6) is 0 Å². The molecular weight excluding hydrogens is 209 g/mol. The van der Waals surface area contributed by atoms with Crippen LogP contribution >= 0.6 is 24.8 Å². The SMILES string of the molecule is Cl.Cl.NCc1cccc2[nH]ncc12. The first-order valence-corrected chi connectivity index (χ1v) is 3.53. The molecule has 0 bridgehead atoms. The topological polar surface area (TPSA) is 54.7 Å². The van der Waals surface area contributed by atoms with Crippen molar-refractivity contribution in [2.75, 3.05) is 0 Å². The quantitative estimate of drug-likeness (QED) is 0.770. The van der Waals surface area contributed by atoms with Crippen molar-refractivity contribution in [1.29, 1.82) is 0 Å². The lowest BCUT2D eigenvalue weighted by Crippen LogP contribution is -1.95. The second kappa shape index (κ2) is 5.07. The third kappa shape index (κ3) is 2.12. The highest BCUT2D eigenvalue weighted by Gasteiger charge is 1.98. The van der Waals surface area contributed by atoms with E-state index in [0.717, 1.165) is 16.5 Å². The molecule has 0 atom stereocenters. The van der Waals surface area contributed by atoms with Gasteiger partial charge in [0.15, 0.2) is 0 Å². The van der Waals surface area contributed by atoms with E-state index in [2.05, 4.69) is 10.2 Å². The van der Waals surface area contributed by atoms with Crippen molar-refractivity contribution in [3.05, 3.63) is 30.0 Å². The first-order chi connectivity index (χ1) is 5.42. The Morgan fingerprint density at radius 1 is 1.31 bits per heavy atom. The van der Waals surface area contributed by atoms with Gasteiger partial charge >= 0.3 is 0 Å². The van der Waals surface area contributed by atoms with Crippen molar-refractivity contribution in [2.24, 2.45) is 5.73 Å². The fourth-order valence-corrected chi connectivity index (χ4v) is 1.21. The van der Waals surface area contributed by atoms with Gasteiger partial charge in [-0.2, -0.15) is 5.10 Å². The number of benzene rings is 1. The average Bonchev–Trinajstić information content (AvgIpc) is 2.50. The standard InChI is InChI=1S/C8H9N3.2ClH/c9-4-6-2-1-3-8-7(6)5-10-11-8;;/h1-3,5H,4,9H2,(H,10,11);2*1H. The first kappa shape index (κ1) is 12.2. The van der Waals surface area contributed by atoms with Crippen molar-refractivity contribution in [3.8, 4) is 0 Å². The van der Waals surface area contributed by atoms with Crippen molar-refractivity contribution in [3.63, 3.8) is 0 Å². The molecular formula is C8H11Cl2N3. The Morgan fingerprint density at radius 3 is 2.77 bits per heavy atom. The number of rotatable bonds is 1. The van der Waals surface area contributed by atoms with Gasteiger partial charge in [0, 0.05) is 11.9 Å². The smallest absolute Gasteiger partial charge is 0.0653 e. The van der Waals surface area contributed by atoms with E-state index < -0.39 is 0 Å². The first-order valence-electron chi connectivity index (χ1n) is 3.53. The van der Waals surface area contributed by atoms with Crippen molar-refractivity contribution < 1.29 is 0 Å². The van der Waals surface area contributed by atoms with Crippen LogP contribution in [0.1, 0.15) is 5.56 Å². The minimum atomic E-state index is 0. The van der Waals surface area contributed by atoms with Crippen molar-refractivity contribution >= 4 is 35.7 Å². The van der Waals surface area contributed by atoms with E-state index in [1.54, 1.807) is 6.20 Å². The summed E-state index contributed by atoms with van der Waals surface area (Å²) in [5.74, 6) is 0. The molecule has 0 saturated heterocycles. The maximum atomic E-state index is 5.53. The second-order valence-electron chi connectivity index (χ2n) is 2.45. The average molecular weight is 220 g/mol. The van der Waals surface area contributed by atoms with E-state index in [4.69, 9.17) is 5.73 Å². The summed E-state index contributed by atoms with van der Waals surface area (Å²) in [7, 11) is 0. The third-order valence-corrected chi connectivity index (χ3v) is 1.79. The van der Waals surface area contributed by atoms with Crippen LogP contribution in [0.25, 0.3) is 10.9 Å². The van der Waals surface area contributed by atoms with Crippen LogP contribution in [0.15, 0.2) is 24.4 Å². The maximum Gasteiger partial charge on any atom is 0.0653 e. The van der Waals surface area contributed by atoms with E-state index in [-0.39, 0.29) is 24.8 Å². The molecule has 0 saturated carbocycles. The van der Waals surface area contributed by atoms with Gasteiger partial charge in [-0.1, -0.05) is 12.1 Å². The summed E-state index contributed by atoms with van der Waals surface area (Å²) in [5, 5.41) is 7.94. The molecule has 3 N–H and O–H groups in total. The Labute approximate surface area is 88.5 Å². The number of fused-ring (bicyclic) bond motifs is 1. The number of aromatic amines is 1. The maximum absolute atomic E-state index is 5.53. The molecule has 3 nitrogen and oxygen atoms in total. The number of hydrogen-bond acceptors (Lipinski definition) is 2. The Bertz CT molecular complexity index is 372. The zero-order chi connectivity index (χ0) is 7.68. The molecule has 0 unspecified atom stereocenters. The summed E-state index contributed by atoms with van der Waals surface area (Å²) >= 11 is 0. The van der Waals surface area contributed by atoms with Crippen LogP contribution in [0.2, 0.25) is 0 Å². The van der Waals surface area contributed by atoms with Gasteiger partial charge in [-0.3, -0.25) is 5.10 Å². The van der Waals surface area contributed by atoms with Gasteiger partial charge in [0.1, 0.15) is 0 Å². The highest BCUT2D eigenvalue weighted by molar-refractivity contribution is 5.85. The zero-order valence-corrected chi connectivity index (χ0v) is 8.49. The van der Waals surface area contributed by atoms with Crippen molar-refractivity contribution in [2.45, 2.75) is 6.54 Å². The molecule has 0 aliphatic heterocycles. The zero-order valence-electron chi connectivity index (χ0n) is 6.86. The number of H-pyrrole nitrogens is 1. The molecule has 5 heteroatoms. The number of nitrogens with one attached hydrogen (secondary N) is 1. The fourth-order valence-electron chi connectivity index (χ4n) is 1.21. The van der Waals surface area contributed by atoms with Crippen LogP contribution in [0.3, 0.4) is 0 Å². The molecule has 13 heavy (non-hydrogen) atoms. The molecule has 0 fully saturated rings. The number of nitrogens with zero attached hydrogens (tertiary/aromatic N) is 1. The molecule has 2 aromatic rings. The normalized spacial score (nSPS) is 9.00. The Hall–Kier alpha value is -0.770. The summed E-state index contributed by atoms with van der Waals surface area (Å²) in [6.07, 6.45) is 1.80. The molecule has 1 aromatic heterocycles. The lowest BCUT2D eigenvalue weighted by Gasteiger charge is -1.95. The molecule has 0 aliphatic rings. The molecule has 0 spiro atoms. The van der Waals surface area contributed by atoms with Gasteiger partial charge in [-0.25, -0.2) is 0 Å². The Kier molecular flexibility index (Phi) is 4.77. The summed E-state index contributed by atoms with van der Waals surface area (Å²) in [6, 6.07) is 5.97. The van der Waals surface area contributed by atoms with Crippen LogP contribution in [-0.4, -0.2) is 10.2 Å². The highest BCUT2D eigenvalue weighted by atomic mass is 35.5. The van der Waals surface area contributed by atoms with Crippen LogP contribution in [0.4, 0.5) is 0 Å². The van der Waals surface area contributed by atoms with Gasteiger partial charge in [0.05, 0.1) is 11.7 Å². The molecule has 1 aromatic carbocycles. The molecule has 0 radical (unpaired) electrons. The lowest BCUT2D eigenvalue weighted by atomic mass is 10.1. The largest absolute Gasteiger partial charge is 0.326 e. The molecule has 0 amide bonds. The van der Waals surface area contributed by atoms with E-state index in [1.165, 1.54) is 0 Å². The van der Waals surface area contributed by atoms with E-state index in [9.17, 15) is 0 Å². The van der Waals surface area contributed by atoms with Gasteiger partial charge in [0.25, 0.3) is 0 Å². The summed E-state index contributed by atoms with van der Waals surface area (Å²) in [6.45, 7) is 0.566. The van der Waals surface area contributed by atoms with Crippen molar-refractivity contribution in [1.82, 2.24) is 10.2 Å². The minimum Gasteiger partial charge on any atom is -0.326 e. The fraction of sp³-hybridized carbons (Fsp3) is 0.125. The molecule has 1 heterocycles. The number of halogens is 2. The number of aromatic nitrogens is 2. The third-order valence-electron chi connectivity index (χ3n) is 1.79. The second-order valence-corrected chi connectivity index (χ2v) is 2.45. The van der Waals surface area contributed by atoms with Gasteiger partial charge in [-0.05, 0) is 11.6 Å². The van der Waals surface area contributed by atoms with Gasteiger partial charge in [0.2, 0.25) is 0 Å². The Balaban J connectivity index is 0.000000720. The summed E-state index contributed by atoms with van der Waals surface area (Å²) in [5.41, 5.74) is 7.72. The number of hydrogen-bond donors (Lipinski definition) is 2.